The lowest BCUT2D eigenvalue weighted by Crippen LogP contribution is -2.54. The van der Waals surface area contributed by atoms with Crippen molar-refractivity contribution in [3.63, 3.8) is 0 Å². The highest BCUT2D eigenvalue weighted by molar-refractivity contribution is 6.30. The molecule has 0 heterocycles. The molecule has 1 unspecified atom stereocenters. The molecule has 1 N–H and O–H groups in total. The summed E-state index contributed by atoms with van der Waals surface area (Å²) in [6.07, 6.45) is 0.542. The van der Waals surface area contributed by atoms with Gasteiger partial charge in [-0.1, -0.05) is 77.8 Å². The highest BCUT2D eigenvalue weighted by Crippen LogP contribution is 2.20. The molecule has 6 heteroatoms. The van der Waals surface area contributed by atoms with E-state index in [1.54, 1.807) is 29.2 Å². The number of benzene rings is 3. The van der Waals surface area contributed by atoms with Gasteiger partial charge in [0.15, 0.2) is 0 Å². The summed E-state index contributed by atoms with van der Waals surface area (Å²) >= 11 is 12.2. The van der Waals surface area contributed by atoms with E-state index >= 15 is 0 Å². The van der Waals surface area contributed by atoms with Crippen molar-refractivity contribution in [2.45, 2.75) is 51.7 Å². The average Bonchev–Trinajstić information content (AvgIpc) is 2.77. The lowest BCUT2D eigenvalue weighted by molar-refractivity contribution is -0.141. The van der Waals surface area contributed by atoms with Crippen molar-refractivity contribution in [3.05, 3.63) is 106 Å². The zero-order valence-electron chi connectivity index (χ0n) is 19.7. The second-order valence-corrected chi connectivity index (χ2v) is 10.3. The Labute approximate surface area is 211 Å². The van der Waals surface area contributed by atoms with Crippen molar-refractivity contribution in [1.29, 1.82) is 0 Å². The van der Waals surface area contributed by atoms with Crippen LogP contribution in [0.1, 0.15) is 37.5 Å². The molecule has 3 aromatic carbocycles. The fourth-order valence-electron chi connectivity index (χ4n) is 3.72. The van der Waals surface area contributed by atoms with Crippen molar-refractivity contribution < 1.29 is 9.59 Å². The van der Waals surface area contributed by atoms with Gasteiger partial charge < -0.3 is 10.2 Å². The zero-order chi connectivity index (χ0) is 24.7. The van der Waals surface area contributed by atoms with Crippen LogP contribution in [0, 0.1) is 0 Å². The van der Waals surface area contributed by atoms with Gasteiger partial charge in [0.25, 0.3) is 0 Å². The first-order chi connectivity index (χ1) is 16.1. The zero-order valence-corrected chi connectivity index (χ0v) is 21.2. The van der Waals surface area contributed by atoms with Crippen molar-refractivity contribution >= 4 is 35.0 Å². The maximum absolute atomic E-state index is 13.7. The number of carbonyl (C=O) groups is 2. The Morgan fingerprint density at radius 3 is 2.09 bits per heavy atom. The summed E-state index contributed by atoms with van der Waals surface area (Å²) in [4.78, 5) is 28.9. The van der Waals surface area contributed by atoms with Crippen LogP contribution in [0.4, 0.5) is 0 Å². The topological polar surface area (TPSA) is 49.4 Å². The lowest BCUT2D eigenvalue weighted by atomic mass is 10.00. The van der Waals surface area contributed by atoms with Crippen LogP contribution in [0.2, 0.25) is 10.0 Å². The molecule has 0 aromatic heterocycles. The quantitative estimate of drug-likeness (QED) is 0.410. The van der Waals surface area contributed by atoms with Gasteiger partial charge in [0.05, 0.1) is 6.42 Å². The number of rotatable bonds is 8. The minimum absolute atomic E-state index is 0.141. The molecule has 3 rings (SSSR count). The van der Waals surface area contributed by atoms with E-state index in [-0.39, 0.29) is 24.8 Å². The molecule has 0 aliphatic carbocycles. The first kappa shape index (κ1) is 25.8. The van der Waals surface area contributed by atoms with Gasteiger partial charge in [0, 0.05) is 28.5 Å². The van der Waals surface area contributed by atoms with Gasteiger partial charge in [-0.15, -0.1) is 0 Å². The maximum Gasteiger partial charge on any atom is 0.243 e. The predicted octanol–water partition coefficient (Wildman–Crippen LogP) is 6.09. The van der Waals surface area contributed by atoms with Gasteiger partial charge in [-0.25, -0.2) is 0 Å². The van der Waals surface area contributed by atoms with Crippen LogP contribution in [-0.2, 0) is 29.0 Å². The summed E-state index contributed by atoms with van der Waals surface area (Å²) in [6.45, 7) is 6.08. The molecule has 0 saturated carbocycles. The molecule has 0 spiro atoms. The van der Waals surface area contributed by atoms with E-state index < -0.39 is 11.6 Å². The largest absolute Gasteiger partial charge is 0.350 e. The van der Waals surface area contributed by atoms with Crippen LogP contribution >= 0.6 is 23.2 Å². The second-order valence-electron chi connectivity index (χ2n) is 9.40. The van der Waals surface area contributed by atoms with Crippen LogP contribution in [0.15, 0.2) is 78.9 Å². The third-order valence-electron chi connectivity index (χ3n) is 5.28. The smallest absolute Gasteiger partial charge is 0.243 e. The van der Waals surface area contributed by atoms with Crippen LogP contribution in [0.5, 0.6) is 0 Å². The summed E-state index contributed by atoms with van der Waals surface area (Å²) < 4.78 is 0. The monoisotopic (exact) mass is 496 g/mol. The van der Waals surface area contributed by atoms with Crippen LogP contribution < -0.4 is 5.32 Å². The molecule has 178 valence electrons. The predicted molar refractivity (Wildman–Crippen MR) is 139 cm³/mol. The minimum Gasteiger partial charge on any atom is -0.350 e. The van der Waals surface area contributed by atoms with E-state index in [9.17, 15) is 9.59 Å². The maximum atomic E-state index is 13.7. The SMILES string of the molecule is CC(C)(C)NC(=O)C(Cc1ccccc1)N(Cc1ccc(Cl)cc1)C(=O)Cc1cccc(Cl)c1. The number of hydrogen-bond acceptors (Lipinski definition) is 2. The third-order valence-corrected chi connectivity index (χ3v) is 5.77. The number of nitrogens with zero attached hydrogens (tertiary/aromatic N) is 1. The molecule has 0 bridgehead atoms. The Balaban J connectivity index is 1.98. The number of halogens is 2. The normalized spacial score (nSPS) is 12.1. The van der Waals surface area contributed by atoms with Crippen molar-refractivity contribution in [2.24, 2.45) is 0 Å². The van der Waals surface area contributed by atoms with Gasteiger partial charge in [-0.3, -0.25) is 9.59 Å². The van der Waals surface area contributed by atoms with E-state index in [1.807, 2.05) is 75.4 Å². The van der Waals surface area contributed by atoms with Gasteiger partial charge in [0.1, 0.15) is 6.04 Å². The van der Waals surface area contributed by atoms with Crippen molar-refractivity contribution in [3.8, 4) is 0 Å². The Hall–Kier alpha value is -2.82. The van der Waals surface area contributed by atoms with Crippen LogP contribution in [0.3, 0.4) is 0 Å². The summed E-state index contributed by atoms with van der Waals surface area (Å²) in [5, 5.41) is 4.26. The number of carbonyl (C=O) groups excluding carboxylic acids is 2. The first-order valence-corrected chi connectivity index (χ1v) is 12.0. The average molecular weight is 497 g/mol. The Morgan fingerprint density at radius 2 is 1.47 bits per heavy atom. The van der Waals surface area contributed by atoms with E-state index in [2.05, 4.69) is 5.32 Å². The van der Waals surface area contributed by atoms with Crippen molar-refractivity contribution in [2.75, 3.05) is 0 Å². The summed E-state index contributed by atoms with van der Waals surface area (Å²) in [5.74, 6) is -0.341. The van der Waals surface area contributed by atoms with Crippen LogP contribution in [-0.4, -0.2) is 28.3 Å². The van der Waals surface area contributed by atoms with Crippen LogP contribution in [0.25, 0.3) is 0 Å². The Morgan fingerprint density at radius 1 is 0.824 bits per heavy atom. The molecular formula is C28H30Cl2N2O2. The molecule has 0 aliphatic heterocycles. The molecule has 0 fully saturated rings. The van der Waals surface area contributed by atoms with E-state index in [0.717, 1.165) is 16.7 Å². The fraction of sp³-hybridized carbons (Fsp3) is 0.286. The Kier molecular flexibility index (Phi) is 8.76. The third kappa shape index (κ3) is 7.89. The lowest BCUT2D eigenvalue weighted by Gasteiger charge is -2.34. The summed E-state index contributed by atoms with van der Waals surface area (Å²) in [5.41, 5.74) is 2.24. The molecule has 3 aromatic rings. The molecule has 2 amide bonds. The molecule has 4 nitrogen and oxygen atoms in total. The fourth-order valence-corrected chi connectivity index (χ4v) is 4.06. The molecule has 34 heavy (non-hydrogen) atoms. The molecule has 0 aliphatic rings. The molecule has 0 radical (unpaired) electrons. The van der Waals surface area contributed by atoms with Gasteiger partial charge in [-0.2, -0.15) is 0 Å². The summed E-state index contributed by atoms with van der Waals surface area (Å²) in [6, 6.07) is 23.6. The van der Waals surface area contributed by atoms with E-state index in [0.29, 0.717) is 16.5 Å². The number of nitrogens with one attached hydrogen (secondary N) is 1. The molecule has 0 saturated heterocycles. The van der Waals surface area contributed by atoms with E-state index in [4.69, 9.17) is 23.2 Å². The van der Waals surface area contributed by atoms with Crippen molar-refractivity contribution in [1.82, 2.24) is 10.2 Å². The standard InChI is InChI=1S/C28H30Cl2N2O2/c1-28(2,3)31-27(34)25(17-20-8-5-4-6-9-20)32(19-21-12-14-23(29)15-13-21)26(33)18-22-10-7-11-24(30)16-22/h4-16,25H,17-19H2,1-3H3,(H,31,34). The van der Waals surface area contributed by atoms with Gasteiger partial charge in [0.2, 0.25) is 11.8 Å². The van der Waals surface area contributed by atoms with Gasteiger partial charge in [-0.05, 0) is 61.7 Å². The molecule has 1 atom stereocenters. The Bertz CT molecular complexity index is 1110. The number of amides is 2. The van der Waals surface area contributed by atoms with Gasteiger partial charge >= 0.3 is 0 Å². The highest BCUT2D eigenvalue weighted by Gasteiger charge is 2.32. The van der Waals surface area contributed by atoms with E-state index in [1.165, 1.54) is 0 Å². The highest BCUT2D eigenvalue weighted by atomic mass is 35.5. The first-order valence-electron chi connectivity index (χ1n) is 11.2. The summed E-state index contributed by atoms with van der Waals surface area (Å²) in [7, 11) is 0. The molecular weight excluding hydrogens is 467 g/mol. The minimum atomic E-state index is -0.691. The second kappa shape index (κ2) is 11.5. The number of hydrogen-bond donors (Lipinski definition) is 1.